The van der Waals surface area contributed by atoms with Crippen molar-refractivity contribution in [3.05, 3.63) is 24.2 Å². The number of methoxy groups -OCH3 is 1. The van der Waals surface area contributed by atoms with Gasteiger partial charge in [-0.1, -0.05) is 0 Å². The van der Waals surface area contributed by atoms with Crippen molar-refractivity contribution in [3.8, 4) is 5.88 Å². The van der Waals surface area contributed by atoms with E-state index in [0.717, 1.165) is 0 Å². The number of hydrogen-bond donors (Lipinski definition) is 2. The molecule has 2 aromatic rings. The van der Waals surface area contributed by atoms with E-state index in [9.17, 15) is 4.79 Å². The molecule has 0 aliphatic heterocycles. The topological polar surface area (TPSA) is 93.0 Å². The van der Waals surface area contributed by atoms with Gasteiger partial charge in [0.25, 0.3) is 5.88 Å². The number of H-pyrrole nitrogens is 1. The zero-order chi connectivity index (χ0) is 12.1. The minimum Gasteiger partial charge on any atom is -0.479 e. The molecule has 0 saturated carbocycles. The van der Waals surface area contributed by atoms with Crippen molar-refractivity contribution in [2.45, 2.75) is 12.8 Å². The SMILES string of the molecule is COc1cc(CCC(=O)Nc2ncc[nH]2)on1. The monoisotopic (exact) mass is 236 g/mol. The maximum absolute atomic E-state index is 11.5. The van der Waals surface area contributed by atoms with Crippen molar-refractivity contribution in [2.75, 3.05) is 12.4 Å². The predicted octanol–water partition coefficient (Wildman–Crippen LogP) is 0.978. The van der Waals surface area contributed by atoms with Gasteiger partial charge >= 0.3 is 0 Å². The minimum absolute atomic E-state index is 0.143. The summed E-state index contributed by atoms with van der Waals surface area (Å²) < 4.78 is 9.83. The molecule has 0 aliphatic carbocycles. The zero-order valence-electron chi connectivity index (χ0n) is 9.27. The highest BCUT2D eigenvalue weighted by atomic mass is 16.5. The van der Waals surface area contributed by atoms with Gasteiger partial charge in [0.05, 0.1) is 7.11 Å². The van der Waals surface area contributed by atoms with Crippen molar-refractivity contribution < 1.29 is 14.1 Å². The Morgan fingerprint density at radius 3 is 3.18 bits per heavy atom. The van der Waals surface area contributed by atoms with E-state index in [1.807, 2.05) is 0 Å². The molecule has 0 saturated heterocycles. The van der Waals surface area contributed by atoms with Crippen molar-refractivity contribution in [3.63, 3.8) is 0 Å². The highest BCUT2D eigenvalue weighted by Gasteiger charge is 2.08. The lowest BCUT2D eigenvalue weighted by Crippen LogP contribution is -2.13. The van der Waals surface area contributed by atoms with Crippen LogP contribution in [0.3, 0.4) is 0 Å². The highest BCUT2D eigenvalue weighted by molar-refractivity contribution is 5.88. The lowest BCUT2D eigenvalue weighted by molar-refractivity contribution is -0.116. The fourth-order valence-corrected chi connectivity index (χ4v) is 1.27. The number of ether oxygens (including phenoxy) is 1. The summed E-state index contributed by atoms with van der Waals surface area (Å²) in [7, 11) is 1.51. The number of aryl methyl sites for hydroxylation is 1. The van der Waals surface area contributed by atoms with E-state index in [-0.39, 0.29) is 5.91 Å². The first-order valence-corrected chi connectivity index (χ1v) is 5.07. The summed E-state index contributed by atoms with van der Waals surface area (Å²) in [5, 5.41) is 6.25. The van der Waals surface area contributed by atoms with Crippen LogP contribution in [0.25, 0.3) is 0 Å². The molecule has 2 heterocycles. The van der Waals surface area contributed by atoms with Crippen LogP contribution in [0.15, 0.2) is 23.0 Å². The molecule has 0 unspecified atom stereocenters. The number of imidazole rings is 1. The number of aromatic amines is 1. The van der Waals surface area contributed by atoms with Crippen LogP contribution in [0.4, 0.5) is 5.95 Å². The summed E-state index contributed by atoms with van der Waals surface area (Å²) in [6.45, 7) is 0. The van der Waals surface area contributed by atoms with E-state index in [2.05, 4.69) is 20.4 Å². The van der Waals surface area contributed by atoms with Crippen molar-refractivity contribution in [1.29, 1.82) is 0 Å². The van der Waals surface area contributed by atoms with Crippen molar-refractivity contribution >= 4 is 11.9 Å². The molecule has 0 atom stereocenters. The largest absolute Gasteiger partial charge is 0.479 e. The van der Waals surface area contributed by atoms with Gasteiger partial charge in [-0.3, -0.25) is 10.1 Å². The molecule has 17 heavy (non-hydrogen) atoms. The quantitative estimate of drug-likeness (QED) is 0.807. The van der Waals surface area contributed by atoms with E-state index < -0.39 is 0 Å². The van der Waals surface area contributed by atoms with Gasteiger partial charge in [0.2, 0.25) is 11.9 Å². The van der Waals surface area contributed by atoms with E-state index in [1.165, 1.54) is 7.11 Å². The molecule has 7 heteroatoms. The number of nitrogens with zero attached hydrogens (tertiary/aromatic N) is 2. The summed E-state index contributed by atoms with van der Waals surface area (Å²) in [6, 6.07) is 1.65. The molecule has 1 amide bonds. The fourth-order valence-electron chi connectivity index (χ4n) is 1.27. The first-order chi connectivity index (χ1) is 8.28. The van der Waals surface area contributed by atoms with E-state index in [0.29, 0.717) is 30.4 Å². The van der Waals surface area contributed by atoms with E-state index >= 15 is 0 Å². The first kappa shape index (κ1) is 11.2. The molecule has 2 N–H and O–H groups in total. The molecule has 0 aliphatic rings. The molecule has 0 bridgehead atoms. The Balaban J connectivity index is 1.79. The highest BCUT2D eigenvalue weighted by Crippen LogP contribution is 2.12. The van der Waals surface area contributed by atoms with Gasteiger partial charge in [0.15, 0.2) is 0 Å². The lowest BCUT2D eigenvalue weighted by Gasteiger charge is -1.99. The third-order valence-electron chi connectivity index (χ3n) is 2.10. The van der Waals surface area contributed by atoms with Crippen LogP contribution in [0, 0.1) is 0 Å². The van der Waals surface area contributed by atoms with Gasteiger partial charge in [-0.05, 0) is 5.16 Å². The molecule has 0 spiro atoms. The minimum atomic E-state index is -0.143. The van der Waals surface area contributed by atoms with E-state index in [4.69, 9.17) is 9.26 Å². The Bertz CT molecular complexity index is 477. The zero-order valence-corrected chi connectivity index (χ0v) is 9.27. The predicted molar refractivity (Wildman–Crippen MR) is 58.6 cm³/mol. The average molecular weight is 236 g/mol. The Morgan fingerprint density at radius 2 is 2.53 bits per heavy atom. The number of anilines is 1. The maximum Gasteiger partial charge on any atom is 0.254 e. The van der Waals surface area contributed by atoms with Crippen molar-refractivity contribution in [2.24, 2.45) is 0 Å². The number of rotatable bonds is 5. The number of hydrogen-bond acceptors (Lipinski definition) is 5. The molecular formula is C10H12N4O3. The number of amides is 1. The Hall–Kier alpha value is -2.31. The number of carbonyl (C=O) groups is 1. The molecule has 90 valence electrons. The number of carbonyl (C=O) groups excluding carboxylic acids is 1. The normalized spacial score (nSPS) is 10.2. The fraction of sp³-hybridized carbons (Fsp3) is 0.300. The lowest BCUT2D eigenvalue weighted by atomic mass is 10.2. The Morgan fingerprint density at radius 1 is 1.65 bits per heavy atom. The molecule has 2 rings (SSSR count). The van der Waals surface area contributed by atoms with Crippen LogP contribution >= 0.6 is 0 Å². The standard InChI is InChI=1S/C10H12N4O3/c1-16-9-6-7(17-14-9)2-3-8(15)13-10-11-4-5-12-10/h4-6H,2-3H2,1H3,(H2,11,12,13,15). The van der Waals surface area contributed by atoms with Crippen molar-refractivity contribution in [1.82, 2.24) is 15.1 Å². The van der Waals surface area contributed by atoms with Crippen LogP contribution in [-0.2, 0) is 11.2 Å². The third kappa shape index (κ3) is 3.07. The average Bonchev–Trinajstić information content (AvgIpc) is 2.96. The summed E-state index contributed by atoms with van der Waals surface area (Å²) in [6.07, 6.45) is 3.95. The molecule has 2 aromatic heterocycles. The second-order valence-corrected chi connectivity index (χ2v) is 3.32. The first-order valence-electron chi connectivity index (χ1n) is 5.07. The smallest absolute Gasteiger partial charge is 0.254 e. The van der Waals surface area contributed by atoms with Crippen LogP contribution < -0.4 is 10.1 Å². The second kappa shape index (κ2) is 5.15. The van der Waals surface area contributed by atoms with Crippen LogP contribution in [0.2, 0.25) is 0 Å². The van der Waals surface area contributed by atoms with E-state index in [1.54, 1.807) is 18.5 Å². The molecule has 0 aromatic carbocycles. The number of aromatic nitrogens is 3. The summed E-state index contributed by atoms with van der Waals surface area (Å²) in [5.74, 6) is 1.31. The van der Waals surface area contributed by atoms with Crippen LogP contribution in [0.5, 0.6) is 5.88 Å². The third-order valence-corrected chi connectivity index (χ3v) is 2.10. The van der Waals surface area contributed by atoms with Gasteiger partial charge in [-0.25, -0.2) is 4.98 Å². The van der Waals surface area contributed by atoms with Crippen LogP contribution in [-0.4, -0.2) is 28.1 Å². The molecular weight excluding hydrogens is 224 g/mol. The molecule has 0 fully saturated rings. The second-order valence-electron chi connectivity index (χ2n) is 3.32. The number of nitrogens with one attached hydrogen (secondary N) is 2. The van der Waals surface area contributed by atoms with Gasteiger partial charge in [-0.2, -0.15) is 0 Å². The van der Waals surface area contributed by atoms with Gasteiger partial charge < -0.3 is 14.2 Å². The van der Waals surface area contributed by atoms with Crippen LogP contribution in [0.1, 0.15) is 12.2 Å². The summed E-state index contributed by atoms with van der Waals surface area (Å²) in [5.41, 5.74) is 0. The van der Waals surface area contributed by atoms with Gasteiger partial charge in [0.1, 0.15) is 5.76 Å². The maximum atomic E-state index is 11.5. The Labute approximate surface area is 97.2 Å². The van der Waals surface area contributed by atoms with Gasteiger partial charge in [0, 0.05) is 31.3 Å². The van der Waals surface area contributed by atoms with Gasteiger partial charge in [-0.15, -0.1) is 0 Å². The molecule has 0 radical (unpaired) electrons. The summed E-state index contributed by atoms with van der Waals surface area (Å²) in [4.78, 5) is 18.2. The summed E-state index contributed by atoms with van der Waals surface area (Å²) >= 11 is 0. The molecule has 7 nitrogen and oxygen atoms in total. The Kier molecular flexibility index (Phi) is 3.39.